The van der Waals surface area contributed by atoms with Crippen LogP contribution in [0.1, 0.15) is 10.9 Å². The van der Waals surface area contributed by atoms with Gasteiger partial charge in [0.25, 0.3) is 0 Å². The zero-order chi connectivity index (χ0) is 20.2. The van der Waals surface area contributed by atoms with E-state index < -0.39 is 0 Å². The standard InChI is InChI=1S/C23H21NO4S/c1-26-20-14-8-11-17(22(20)27-2)23-24(21(25)15-29-23)18-12-6-7-13-19(18)28-16-9-4-3-5-10-16/h3-14,23H,15H2,1-2H3. The van der Waals surface area contributed by atoms with Gasteiger partial charge in [0.2, 0.25) is 5.91 Å². The van der Waals surface area contributed by atoms with Crippen LogP contribution in [0.25, 0.3) is 0 Å². The van der Waals surface area contributed by atoms with Crippen molar-refractivity contribution in [3.8, 4) is 23.0 Å². The molecule has 1 fully saturated rings. The molecule has 1 heterocycles. The van der Waals surface area contributed by atoms with Gasteiger partial charge in [0, 0.05) is 5.56 Å². The van der Waals surface area contributed by atoms with E-state index in [0.29, 0.717) is 23.0 Å². The van der Waals surface area contributed by atoms with Gasteiger partial charge in [-0.3, -0.25) is 9.69 Å². The number of carbonyl (C=O) groups excluding carboxylic acids is 1. The van der Waals surface area contributed by atoms with E-state index in [9.17, 15) is 4.79 Å². The van der Waals surface area contributed by atoms with E-state index in [2.05, 4.69) is 0 Å². The Kier molecular flexibility index (Phi) is 5.62. The number of para-hydroxylation sites is 4. The van der Waals surface area contributed by atoms with Gasteiger partial charge in [0.1, 0.15) is 11.1 Å². The lowest BCUT2D eigenvalue weighted by Crippen LogP contribution is -2.28. The number of benzene rings is 3. The highest BCUT2D eigenvalue weighted by Gasteiger charge is 2.37. The Morgan fingerprint density at radius 2 is 1.59 bits per heavy atom. The van der Waals surface area contributed by atoms with Crippen LogP contribution in [-0.2, 0) is 4.79 Å². The minimum Gasteiger partial charge on any atom is -0.493 e. The fourth-order valence-electron chi connectivity index (χ4n) is 3.38. The number of rotatable bonds is 6. The molecule has 1 atom stereocenters. The average Bonchev–Trinajstić information content (AvgIpc) is 3.15. The Morgan fingerprint density at radius 3 is 2.34 bits per heavy atom. The van der Waals surface area contributed by atoms with Gasteiger partial charge >= 0.3 is 0 Å². The number of methoxy groups -OCH3 is 2. The van der Waals surface area contributed by atoms with Gasteiger partial charge in [0.05, 0.1) is 25.7 Å². The van der Waals surface area contributed by atoms with Gasteiger partial charge in [0.15, 0.2) is 17.2 Å². The smallest absolute Gasteiger partial charge is 0.238 e. The zero-order valence-electron chi connectivity index (χ0n) is 16.2. The molecule has 29 heavy (non-hydrogen) atoms. The van der Waals surface area contributed by atoms with Crippen LogP contribution >= 0.6 is 11.8 Å². The van der Waals surface area contributed by atoms with Crippen molar-refractivity contribution in [3.05, 3.63) is 78.4 Å². The summed E-state index contributed by atoms with van der Waals surface area (Å²) in [5.74, 6) is 3.02. The summed E-state index contributed by atoms with van der Waals surface area (Å²) < 4.78 is 17.2. The van der Waals surface area contributed by atoms with Crippen molar-refractivity contribution >= 4 is 23.4 Å². The second kappa shape index (κ2) is 8.49. The summed E-state index contributed by atoms with van der Waals surface area (Å²) in [5, 5.41) is -0.243. The van der Waals surface area contributed by atoms with E-state index in [1.54, 1.807) is 30.9 Å². The first-order valence-electron chi connectivity index (χ1n) is 9.19. The number of amides is 1. The molecule has 0 saturated carbocycles. The van der Waals surface area contributed by atoms with E-state index in [1.165, 1.54) is 0 Å². The molecule has 1 aliphatic heterocycles. The molecule has 1 amide bonds. The minimum atomic E-state index is -0.243. The highest BCUT2D eigenvalue weighted by atomic mass is 32.2. The van der Waals surface area contributed by atoms with E-state index >= 15 is 0 Å². The Labute approximate surface area is 174 Å². The molecular formula is C23H21NO4S. The first-order valence-corrected chi connectivity index (χ1v) is 10.2. The fourth-order valence-corrected chi connectivity index (χ4v) is 4.56. The number of thioether (sulfide) groups is 1. The fraction of sp³-hybridized carbons (Fsp3) is 0.174. The quantitative estimate of drug-likeness (QED) is 0.557. The third-order valence-electron chi connectivity index (χ3n) is 4.66. The maximum atomic E-state index is 12.9. The Balaban J connectivity index is 1.76. The maximum absolute atomic E-state index is 12.9. The monoisotopic (exact) mass is 407 g/mol. The van der Waals surface area contributed by atoms with Crippen LogP contribution in [0.15, 0.2) is 72.8 Å². The lowest BCUT2D eigenvalue weighted by atomic mass is 10.1. The molecule has 0 aromatic heterocycles. The SMILES string of the molecule is COc1cccc(C2SCC(=O)N2c2ccccc2Oc2ccccc2)c1OC. The third kappa shape index (κ3) is 3.76. The van der Waals surface area contributed by atoms with E-state index in [4.69, 9.17) is 14.2 Å². The molecule has 0 spiro atoms. The maximum Gasteiger partial charge on any atom is 0.238 e. The van der Waals surface area contributed by atoms with Crippen molar-refractivity contribution in [1.82, 2.24) is 0 Å². The predicted octanol–water partition coefficient (Wildman–Crippen LogP) is 5.27. The summed E-state index contributed by atoms with van der Waals surface area (Å²) in [7, 11) is 3.22. The molecule has 148 valence electrons. The van der Waals surface area contributed by atoms with Crippen molar-refractivity contribution in [3.63, 3.8) is 0 Å². The van der Waals surface area contributed by atoms with Crippen molar-refractivity contribution < 1.29 is 19.0 Å². The average molecular weight is 407 g/mol. The molecule has 4 rings (SSSR count). The molecule has 5 nitrogen and oxygen atoms in total. The molecular weight excluding hydrogens is 386 g/mol. The molecule has 0 radical (unpaired) electrons. The number of hydrogen-bond donors (Lipinski definition) is 0. The van der Waals surface area contributed by atoms with Crippen LogP contribution in [0, 0.1) is 0 Å². The minimum absolute atomic E-state index is 0.0222. The van der Waals surface area contributed by atoms with Crippen LogP contribution < -0.4 is 19.1 Å². The first-order chi connectivity index (χ1) is 14.2. The van der Waals surface area contributed by atoms with E-state index in [-0.39, 0.29) is 11.3 Å². The molecule has 1 aliphatic rings. The van der Waals surface area contributed by atoms with Crippen molar-refractivity contribution in [2.75, 3.05) is 24.9 Å². The van der Waals surface area contributed by atoms with Crippen LogP contribution in [0.2, 0.25) is 0 Å². The predicted molar refractivity (Wildman–Crippen MR) is 115 cm³/mol. The summed E-state index contributed by atoms with van der Waals surface area (Å²) in [6.45, 7) is 0. The lowest BCUT2D eigenvalue weighted by Gasteiger charge is -2.27. The van der Waals surface area contributed by atoms with Crippen molar-refractivity contribution in [2.24, 2.45) is 0 Å². The summed E-state index contributed by atoms with van der Waals surface area (Å²) in [4.78, 5) is 14.7. The zero-order valence-corrected chi connectivity index (χ0v) is 17.0. The molecule has 0 N–H and O–H groups in total. The topological polar surface area (TPSA) is 48.0 Å². The summed E-state index contributed by atoms with van der Waals surface area (Å²) in [5.41, 5.74) is 1.61. The first kappa shape index (κ1) is 19.2. The van der Waals surface area contributed by atoms with Gasteiger partial charge in [-0.2, -0.15) is 0 Å². The molecule has 3 aromatic carbocycles. The Hall–Kier alpha value is -3.12. The molecule has 3 aromatic rings. The number of hydrogen-bond acceptors (Lipinski definition) is 5. The Bertz CT molecular complexity index is 1010. The Morgan fingerprint density at radius 1 is 0.862 bits per heavy atom. The van der Waals surface area contributed by atoms with Gasteiger partial charge < -0.3 is 14.2 Å². The van der Waals surface area contributed by atoms with Gasteiger partial charge in [-0.1, -0.05) is 42.5 Å². The largest absolute Gasteiger partial charge is 0.493 e. The lowest BCUT2D eigenvalue weighted by molar-refractivity contribution is -0.115. The third-order valence-corrected chi connectivity index (χ3v) is 5.86. The summed E-state index contributed by atoms with van der Waals surface area (Å²) >= 11 is 1.56. The molecule has 1 unspecified atom stereocenters. The van der Waals surface area contributed by atoms with Crippen LogP contribution in [0.4, 0.5) is 5.69 Å². The van der Waals surface area contributed by atoms with Crippen LogP contribution in [0.5, 0.6) is 23.0 Å². The molecule has 6 heteroatoms. The van der Waals surface area contributed by atoms with E-state index in [0.717, 1.165) is 17.0 Å². The van der Waals surface area contributed by atoms with Gasteiger partial charge in [-0.05, 0) is 30.3 Å². The van der Waals surface area contributed by atoms with Gasteiger partial charge in [-0.25, -0.2) is 0 Å². The number of anilines is 1. The van der Waals surface area contributed by atoms with Crippen molar-refractivity contribution in [1.29, 1.82) is 0 Å². The summed E-state index contributed by atoms with van der Waals surface area (Å²) in [6.07, 6.45) is 0. The van der Waals surface area contributed by atoms with Crippen molar-refractivity contribution in [2.45, 2.75) is 5.37 Å². The second-order valence-corrected chi connectivity index (χ2v) is 7.46. The number of ether oxygens (including phenoxy) is 3. The van der Waals surface area contributed by atoms with Gasteiger partial charge in [-0.15, -0.1) is 11.8 Å². The molecule has 0 bridgehead atoms. The van der Waals surface area contributed by atoms with Crippen LogP contribution in [0.3, 0.4) is 0 Å². The number of carbonyl (C=O) groups is 1. The molecule has 0 aliphatic carbocycles. The highest BCUT2D eigenvalue weighted by molar-refractivity contribution is 8.00. The van der Waals surface area contributed by atoms with Crippen LogP contribution in [-0.4, -0.2) is 25.9 Å². The highest BCUT2D eigenvalue weighted by Crippen LogP contribution is 2.49. The summed E-state index contributed by atoms with van der Waals surface area (Å²) in [6, 6.07) is 22.8. The second-order valence-electron chi connectivity index (χ2n) is 6.39. The molecule has 1 saturated heterocycles. The van der Waals surface area contributed by atoms with E-state index in [1.807, 2.05) is 72.8 Å². The normalized spacial score (nSPS) is 16.0. The number of nitrogens with zero attached hydrogens (tertiary/aromatic N) is 1.